The minimum atomic E-state index is 0.0942. The molecule has 0 amide bonds. The smallest absolute Gasteiger partial charge is 0.128 e. The molecule has 0 radical (unpaired) electrons. The van der Waals surface area contributed by atoms with Gasteiger partial charge in [-0.25, -0.2) is 4.98 Å². The largest absolute Gasteiger partial charge is 0.392 e. The lowest BCUT2D eigenvalue weighted by Crippen LogP contribution is -2.22. The third-order valence-electron chi connectivity index (χ3n) is 3.48. The molecule has 1 unspecified atom stereocenters. The monoisotopic (exact) mass is 220 g/mol. The molecule has 16 heavy (non-hydrogen) atoms. The summed E-state index contributed by atoms with van der Waals surface area (Å²) >= 11 is 0. The van der Waals surface area contributed by atoms with Gasteiger partial charge in [-0.3, -0.25) is 0 Å². The Morgan fingerprint density at radius 3 is 3.00 bits per heavy atom. The third-order valence-corrected chi connectivity index (χ3v) is 3.48. The van der Waals surface area contributed by atoms with Gasteiger partial charge in [0, 0.05) is 19.3 Å². The Labute approximate surface area is 97.1 Å². The SMILES string of the molecule is CC(C)C1CCN(c2cc(CO)ccn2)C1. The zero-order valence-electron chi connectivity index (χ0n) is 10.1. The number of anilines is 1. The van der Waals surface area contributed by atoms with Crippen LogP contribution in [0.3, 0.4) is 0 Å². The molecule has 1 atom stereocenters. The van der Waals surface area contributed by atoms with Crippen LogP contribution in [0.2, 0.25) is 0 Å². The number of hydrogen-bond acceptors (Lipinski definition) is 3. The van der Waals surface area contributed by atoms with Crippen molar-refractivity contribution < 1.29 is 5.11 Å². The van der Waals surface area contributed by atoms with Gasteiger partial charge >= 0.3 is 0 Å². The van der Waals surface area contributed by atoms with Gasteiger partial charge in [0.2, 0.25) is 0 Å². The molecule has 1 N–H and O–H groups in total. The molecule has 0 spiro atoms. The van der Waals surface area contributed by atoms with Gasteiger partial charge in [-0.1, -0.05) is 13.8 Å². The van der Waals surface area contributed by atoms with Crippen LogP contribution in [0.1, 0.15) is 25.8 Å². The van der Waals surface area contributed by atoms with E-state index in [-0.39, 0.29) is 6.61 Å². The Kier molecular flexibility index (Phi) is 3.44. The second-order valence-electron chi connectivity index (χ2n) is 4.92. The Balaban J connectivity index is 2.08. The van der Waals surface area contributed by atoms with E-state index in [1.54, 1.807) is 6.20 Å². The molecule has 1 aliphatic heterocycles. The summed E-state index contributed by atoms with van der Waals surface area (Å²) in [6.07, 6.45) is 3.03. The highest BCUT2D eigenvalue weighted by Crippen LogP contribution is 2.27. The van der Waals surface area contributed by atoms with E-state index in [0.29, 0.717) is 0 Å². The van der Waals surface area contributed by atoms with Crippen molar-refractivity contribution in [2.75, 3.05) is 18.0 Å². The number of pyridine rings is 1. The average molecular weight is 220 g/mol. The third kappa shape index (κ3) is 2.35. The van der Waals surface area contributed by atoms with Crippen molar-refractivity contribution in [2.45, 2.75) is 26.9 Å². The predicted octanol–water partition coefficient (Wildman–Crippen LogP) is 2.06. The molecule has 0 bridgehead atoms. The van der Waals surface area contributed by atoms with Crippen LogP contribution >= 0.6 is 0 Å². The van der Waals surface area contributed by atoms with Crippen molar-refractivity contribution in [3.8, 4) is 0 Å². The van der Waals surface area contributed by atoms with Crippen LogP contribution in [0.5, 0.6) is 0 Å². The van der Waals surface area contributed by atoms with Crippen LogP contribution in [0.25, 0.3) is 0 Å². The fraction of sp³-hybridized carbons (Fsp3) is 0.615. The second kappa shape index (κ2) is 4.83. The summed E-state index contributed by atoms with van der Waals surface area (Å²) in [5.74, 6) is 2.53. The molecule has 3 heteroatoms. The maximum Gasteiger partial charge on any atom is 0.128 e. The summed E-state index contributed by atoms with van der Waals surface area (Å²) < 4.78 is 0. The number of aliphatic hydroxyl groups is 1. The molecule has 1 aromatic rings. The van der Waals surface area contributed by atoms with E-state index in [4.69, 9.17) is 5.11 Å². The Hall–Kier alpha value is -1.09. The van der Waals surface area contributed by atoms with Crippen molar-refractivity contribution in [1.82, 2.24) is 4.98 Å². The molecule has 0 aromatic carbocycles. The van der Waals surface area contributed by atoms with Crippen molar-refractivity contribution in [3.63, 3.8) is 0 Å². The average Bonchev–Trinajstić information content (AvgIpc) is 2.78. The van der Waals surface area contributed by atoms with E-state index in [1.165, 1.54) is 6.42 Å². The number of hydrogen-bond donors (Lipinski definition) is 1. The first-order chi connectivity index (χ1) is 7.70. The van der Waals surface area contributed by atoms with Crippen LogP contribution < -0.4 is 4.90 Å². The van der Waals surface area contributed by atoms with Crippen molar-refractivity contribution >= 4 is 5.82 Å². The van der Waals surface area contributed by atoms with Crippen LogP contribution in [0.15, 0.2) is 18.3 Å². The lowest BCUT2D eigenvalue weighted by Gasteiger charge is -2.19. The lowest BCUT2D eigenvalue weighted by molar-refractivity contribution is 0.281. The number of nitrogens with zero attached hydrogens (tertiary/aromatic N) is 2. The number of aliphatic hydroxyl groups excluding tert-OH is 1. The molecular formula is C13H20N2O. The molecule has 1 fully saturated rings. The molecule has 1 aliphatic rings. The van der Waals surface area contributed by atoms with Gasteiger partial charge < -0.3 is 10.0 Å². The van der Waals surface area contributed by atoms with Crippen molar-refractivity contribution in [3.05, 3.63) is 23.9 Å². The van der Waals surface area contributed by atoms with E-state index in [9.17, 15) is 0 Å². The van der Waals surface area contributed by atoms with E-state index in [0.717, 1.165) is 36.3 Å². The molecule has 1 aromatic heterocycles. The van der Waals surface area contributed by atoms with Gasteiger partial charge in [0.05, 0.1) is 6.61 Å². The first-order valence-electron chi connectivity index (χ1n) is 6.01. The van der Waals surface area contributed by atoms with Gasteiger partial charge in [0.1, 0.15) is 5.82 Å². The molecule has 0 saturated carbocycles. The summed E-state index contributed by atoms with van der Waals surface area (Å²) in [5, 5.41) is 9.10. The first kappa shape index (κ1) is 11.4. The number of aromatic nitrogens is 1. The Morgan fingerprint density at radius 1 is 1.56 bits per heavy atom. The molecule has 2 rings (SSSR count). The van der Waals surface area contributed by atoms with Crippen LogP contribution in [-0.4, -0.2) is 23.2 Å². The van der Waals surface area contributed by atoms with Gasteiger partial charge in [-0.05, 0) is 36.0 Å². The summed E-state index contributed by atoms with van der Waals surface area (Å²) in [7, 11) is 0. The Morgan fingerprint density at radius 2 is 2.38 bits per heavy atom. The van der Waals surface area contributed by atoms with Crippen LogP contribution in [-0.2, 0) is 6.61 Å². The van der Waals surface area contributed by atoms with Crippen LogP contribution in [0, 0.1) is 11.8 Å². The summed E-state index contributed by atoms with van der Waals surface area (Å²) in [5.41, 5.74) is 0.943. The predicted molar refractivity (Wildman–Crippen MR) is 65.3 cm³/mol. The quantitative estimate of drug-likeness (QED) is 0.847. The van der Waals surface area contributed by atoms with Crippen molar-refractivity contribution in [2.24, 2.45) is 11.8 Å². The van der Waals surface area contributed by atoms with Crippen molar-refractivity contribution in [1.29, 1.82) is 0 Å². The molecule has 1 saturated heterocycles. The minimum absolute atomic E-state index is 0.0942. The minimum Gasteiger partial charge on any atom is -0.392 e. The highest BCUT2D eigenvalue weighted by molar-refractivity contribution is 5.42. The first-order valence-corrected chi connectivity index (χ1v) is 6.01. The topological polar surface area (TPSA) is 36.4 Å². The van der Waals surface area contributed by atoms with Gasteiger partial charge in [0.15, 0.2) is 0 Å². The van der Waals surface area contributed by atoms with E-state index in [1.807, 2.05) is 12.1 Å². The highest BCUT2D eigenvalue weighted by atomic mass is 16.3. The van der Waals surface area contributed by atoms with Gasteiger partial charge in [-0.15, -0.1) is 0 Å². The zero-order valence-corrected chi connectivity index (χ0v) is 10.1. The fourth-order valence-electron chi connectivity index (χ4n) is 2.27. The second-order valence-corrected chi connectivity index (χ2v) is 4.92. The molecule has 2 heterocycles. The molecule has 3 nitrogen and oxygen atoms in total. The summed E-state index contributed by atoms with van der Waals surface area (Å²) in [6.45, 7) is 6.85. The zero-order chi connectivity index (χ0) is 11.5. The maximum absolute atomic E-state index is 9.10. The normalized spacial score (nSPS) is 20.8. The lowest BCUT2D eigenvalue weighted by atomic mass is 9.95. The summed E-state index contributed by atoms with van der Waals surface area (Å²) in [6, 6.07) is 3.85. The fourth-order valence-corrected chi connectivity index (χ4v) is 2.27. The molecule has 0 aliphatic carbocycles. The highest BCUT2D eigenvalue weighted by Gasteiger charge is 2.25. The molecular weight excluding hydrogens is 200 g/mol. The van der Waals surface area contributed by atoms with E-state index >= 15 is 0 Å². The van der Waals surface area contributed by atoms with Gasteiger partial charge in [0.25, 0.3) is 0 Å². The van der Waals surface area contributed by atoms with E-state index in [2.05, 4.69) is 23.7 Å². The Bertz CT molecular complexity index is 352. The van der Waals surface area contributed by atoms with E-state index < -0.39 is 0 Å². The molecule has 88 valence electrons. The maximum atomic E-state index is 9.10. The van der Waals surface area contributed by atoms with Gasteiger partial charge in [-0.2, -0.15) is 0 Å². The number of rotatable bonds is 3. The van der Waals surface area contributed by atoms with Crippen LogP contribution in [0.4, 0.5) is 5.82 Å². The summed E-state index contributed by atoms with van der Waals surface area (Å²) in [4.78, 5) is 6.70. The standard InChI is InChI=1S/C13H20N2O/c1-10(2)12-4-6-15(8-12)13-7-11(9-16)3-5-14-13/h3,5,7,10,12,16H,4,6,8-9H2,1-2H3.